The van der Waals surface area contributed by atoms with Gasteiger partial charge >= 0.3 is 0 Å². The number of halogens is 3. The molecule has 0 radical (unpaired) electrons. The first-order valence-corrected chi connectivity index (χ1v) is 7.05. The molecule has 0 bridgehead atoms. The molecule has 0 atom stereocenters. The summed E-state index contributed by atoms with van der Waals surface area (Å²) in [4.78, 5) is 0. The van der Waals surface area contributed by atoms with Crippen LogP contribution in [0.3, 0.4) is 0 Å². The minimum absolute atomic E-state index is 0.0859. The SMILES string of the molecule is COc1c(CS(=O)(=O)Cl)ccc(F)c1Br. The van der Waals surface area contributed by atoms with Gasteiger partial charge in [0, 0.05) is 16.2 Å². The van der Waals surface area contributed by atoms with Crippen molar-refractivity contribution in [1.29, 1.82) is 0 Å². The van der Waals surface area contributed by atoms with E-state index in [1.807, 2.05) is 0 Å². The second-order valence-electron chi connectivity index (χ2n) is 2.74. The fourth-order valence-electron chi connectivity index (χ4n) is 1.09. The molecular formula is C8H7BrClFO3S. The molecule has 0 spiro atoms. The molecule has 0 amide bonds. The largest absolute Gasteiger partial charge is 0.495 e. The van der Waals surface area contributed by atoms with Gasteiger partial charge in [-0.25, -0.2) is 12.8 Å². The molecule has 1 aromatic rings. The Balaban J connectivity index is 3.25. The van der Waals surface area contributed by atoms with Crippen molar-refractivity contribution in [2.45, 2.75) is 5.75 Å². The summed E-state index contributed by atoms with van der Waals surface area (Å²) in [5.74, 6) is -0.793. The molecule has 0 saturated heterocycles. The lowest BCUT2D eigenvalue weighted by molar-refractivity contribution is 0.404. The summed E-state index contributed by atoms with van der Waals surface area (Å²) in [5, 5.41) is 0. The van der Waals surface area contributed by atoms with E-state index >= 15 is 0 Å². The molecule has 0 unspecified atom stereocenters. The lowest BCUT2D eigenvalue weighted by Gasteiger charge is -2.09. The highest BCUT2D eigenvalue weighted by molar-refractivity contribution is 9.10. The van der Waals surface area contributed by atoms with Crippen LogP contribution < -0.4 is 4.74 Å². The van der Waals surface area contributed by atoms with Gasteiger partial charge in [0.05, 0.1) is 17.3 Å². The van der Waals surface area contributed by atoms with Crippen molar-refractivity contribution < 1.29 is 17.5 Å². The number of hydrogen-bond acceptors (Lipinski definition) is 3. The number of methoxy groups -OCH3 is 1. The highest BCUT2D eigenvalue weighted by Gasteiger charge is 2.16. The summed E-state index contributed by atoms with van der Waals surface area (Å²) >= 11 is 2.96. The Kier molecular flexibility index (Phi) is 3.97. The summed E-state index contributed by atoms with van der Waals surface area (Å²) in [5.41, 5.74) is 0.306. The summed E-state index contributed by atoms with van der Waals surface area (Å²) in [7, 11) is 2.73. The van der Waals surface area contributed by atoms with Crippen LogP contribution in [0.4, 0.5) is 4.39 Å². The van der Waals surface area contributed by atoms with E-state index in [2.05, 4.69) is 15.9 Å². The standard InChI is InChI=1S/C8H7BrClFO3S/c1-14-8-5(4-15(10,12)13)2-3-6(11)7(8)9/h2-3H,4H2,1H3. The highest BCUT2D eigenvalue weighted by Crippen LogP contribution is 2.32. The third kappa shape index (κ3) is 3.32. The third-order valence-electron chi connectivity index (χ3n) is 1.66. The van der Waals surface area contributed by atoms with Crippen molar-refractivity contribution in [2.24, 2.45) is 0 Å². The average molecular weight is 318 g/mol. The minimum atomic E-state index is -3.69. The van der Waals surface area contributed by atoms with Gasteiger partial charge in [-0.05, 0) is 22.0 Å². The van der Waals surface area contributed by atoms with Crippen LogP contribution in [-0.4, -0.2) is 15.5 Å². The van der Waals surface area contributed by atoms with Crippen LogP contribution in [0.1, 0.15) is 5.56 Å². The molecule has 0 heterocycles. The van der Waals surface area contributed by atoms with Crippen LogP contribution in [-0.2, 0) is 14.8 Å². The smallest absolute Gasteiger partial charge is 0.236 e. The molecule has 0 saturated carbocycles. The van der Waals surface area contributed by atoms with E-state index in [1.54, 1.807) is 0 Å². The van der Waals surface area contributed by atoms with Gasteiger partial charge in [0.15, 0.2) is 0 Å². The van der Waals surface area contributed by atoms with Crippen molar-refractivity contribution in [3.8, 4) is 5.75 Å². The first-order valence-electron chi connectivity index (χ1n) is 3.78. The van der Waals surface area contributed by atoms with Crippen LogP contribution in [0.25, 0.3) is 0 Å². The van der Waals surface area contributed by atoms with Crippen molar-refractivity contribution >= 4 is 35.7 Å². The fraction of sp³-hybridized carbons (Fsp3) is 0.250. The van der Waals surface area contributed by atoms with Gasteiger partial charge in [-0.15, -0.1) is 0 Å². The Bertz CT molecular complexity index is 475. The van der Waals surface area contributed by atoms with Gasteiger partial charge in [-0.1, -0.05) is 6.07 Å². The van der Waals surface area contributed by atoms with Crippen molar-refractivity contribution in [3.63, 3.8) is 0 Å². The van der Waals surface area contributed by atoms with Gasteiger partial charge in [0.1, 0.15) is 11.6 Å². The van der Waals surface area contributed by atoms with Gasteiger partial charge < -0.3 is 4.74 Å². The van der Waals surface area contributed by atoms with Crippen LogP contribution in [0.2, 0.25) is 0 Å². The molecule has 3 nitrogen and oxygen atoms in total. The molecule has 7 heteroatoms. The van der Waals surface area contributed by atoms with Gasteiger partial charge in [0.25, 0.3) is 0 Å². The first kappa shape index (κ1) is 12.7. The Labute approximate surface area is 99.7 Å². The lowest BCUT2D eigenvalue weighted by atomic mass is 10.2. The fourth-order valence-corrected chi connectivity index (χ4v) is 2.59. The number of benzene rings is 1. The Morgan fingerprint density at radius 3 is 2.60 bits per heavy atom. The first-order chi connectivity index (χ1) is 6.85. The average Bonchev–Trinajstić information content (AvgIpc) is 2.10. The molecule has 0 aromatic heterocycles. The zero-order valence-electron chi connectivity index (χ0n) is 7.63. The van der Waals surface area contributed by atoms with Gasteiger partial charge in [-0.2, -0.15) is 0 Å². The monoisotopic (exact) mass is 316 g/mol. The van der Waals surface area contributed by atoms with Crippen LogP contribution in [0.15, 0.2) is 16.6 Å². The maximum Gasteiger partial charge on any atom is 0.236 e. The zero-order chi connectivity index (χ0) is 11.6. The van der Waals surface area contributed by atoms with Crippen molar-refractivity contribution in [1.82, 2.24) is 0 Å². The number of ether oxygens (including phenoxy) is 1. The Morgan fingerprint density at radius 2 is 2.13 bits per heavy atom. The summed E-state index contributed by atoms with van der Waals surface area (Å²) in [6.07, 6.45) is 0. The zero-order valence-corrected chi connectivity index (χ0v) is 10.8. The molecule has 84 valence electrons. The van der Waals surface area contributed by atoms with Gasteiger partial charge in [-0.3, -0.25) is 0 Å². The van der Waals surface area contributed by atoms with Crippen LogP contribution in [0, 0.1) is 5.82 Å². The highest BCUT2D eigenvalue weighted by atomic mass is 79.9. The van der Waals surface area contributed by atoms with Crippen LogP contribution >= 0.6 is 26.6 Å². The second-order valence-corrected chi connectivity index (χ2v) is 6.31. The maximum atomic E-state index is 13.1. The van der Waals surface area contributed by atoms with E-state index in [-0.39, 0.29) is 10.2 Å². The summed E-state index contributed by atoms with van der Waals surface area (Å²) in [6, 6.07) is 2.46. The van der Waals surface area contributed by atoms with Gasteiger partial charge in [0.2, 0.25) is 9.05 Å². The number of rotatable bonds is 3. The number of hydrogen-bond donors (Lipinski definition) is 0. The van der Waals surface area contributed by atoms with E-state index in [0.717, 1.165) is 6.07 Å². The quantitative estimate of drug-likeness (QED) is 0.805. The van der Waals surface area contributed by atoms with Crippen LogP contribution in [0.5, 0.6) is 5.75 Å². The molecule has 0 aliphatic heterocycles. The molecule has 1 rings (SSSR count). The van der Waals surface area contributed by atoms with E-state index in [4.69, 9.17) is 15.4 Å². The normalized spacial score (nSPS) is 11.5. The van der Waals surface area contributed by atoms with Crippen molar-refractivity contribution in [2.75, 3.05) is 7.11 Å². The Morgan fingerprint density at radius 1 is 1.53 bits per heavy atom. The lowest BCUT2D eigenvalue weighted by Crippen LogP contribution is -2.00. The predicted octanol–water partition coefficient (Wildman–Crippen LogP) is 2.67. The second kappa shape index (κ2) is 4.67. The van der Waals surface area contributed by atoms with E-state index in [0.29, 0.717) is 5.56 Å². The summed E-state index contributed by atoms with van der Waals surface area (Å²) < 4.78 is 39.8. The third-order valence-corrected chi connectivity index (χ3v) is 3.39. The maximum absolute atomic E-state index is 13.1. The molecule has 0 fully saturated rings. The Hall–Kier alpha value is -0.330. The molecular weight excluding hydrogens is 311 g/mol. The van der Waals surface area contributed by atoms with E-state index in [1.165, 1.54) is 13.2 Å². The molecule has 0 aliphatic carbocycles. The predicted molar refractivity (Wildman–Crippen MR) is 59.1 cm³/mol. The summed E-state index contributed by atoms with van der Waals surface area (Å²) in [6.45, 7) is 0. The molecule has 0 aliphatic rings. The molecule has 0 N–H and O–H groups in total. The van der Waals surface area contributed by atoms with E-state index < -0.39 is 20.6 Å². The molecule has 15 heavy (non-hydrogen) atoms. The molecule has 1 aromatic carbocycles. The van der Waals surface area contributed by atoms with E-state index in [9.17, 15) is 12.8 Å². The minimum Gasteiger partial charge on any atom is -0.495 e. The van der Waals surface area contributed by atoms with Crippen molar-refractivity contribution in [3.05, 3.63) is 28.0 Å². The topological polar surface area (TPSA) is 43.4 Å².